The molecule has 0 aliphatic heterocycles. The minimum Gasteiger partial charge on any atom is -0.452 e. The van der Waals surface area contributed by atoms with Crippen molar-refractivity contribution in [2.45, 2.75) is 32.4 Å². The second-order valence-electron chi connectivity index (χ2n) is 6.11. The molecule has 2 rings (SSSR count). The van der Waals surface area contributed by atoms with Gasteiger partial charge in [-0.2, -0.15) is 0 Å². The fourth-order valence-electron chi connectivity index (χ4n) is 2.66. The van der Waals surface area contributed by atoms with E-state index in [1.54, 1.807) is 18.0 Å². The quantitative estimate of drug-likeness (QED) is 0.554. The van der Waals surface area contributed by atoms with Crippen LogP contribution in [0.5, 0.6) is 0 Å². The third-order valence-electron chi connectivity index (χ3n) is 4.33. The lowest BCUT2D eigenvalue weighted by molar-refractivity contribution is -0.150. The zero-order chi connectivity index (χ0) is 18.9. The van der Waals surface area contributed by atoms with Gasteiger partial charge in [-0.15, -0.1) is 0 Å². The first kappa shape index (κ1) is 19.4. The lowest BCUT2D eigenvalue weighted by Crippen LogP contribution is -2.40. The summed E-state index contributed by atoms with van der Waals surface area (Å²) in [5.41, 5.74) is 1.78. The van der Waals surface area contributed by atoms with E-state index in [9.17, 15) is 9.59 Å². The number of rotatable bonds is 7. The van der Waals surface area contributed by atoms with Crippen molar-refractivity contribution in [3.63, 3.8) is 0 Å². The predicted molar refractivity (Wildman–Crippen MR) is 103 cm³/mol. The summed E-state index contributed by atoms with van der Waals surface area (Å²) in [6, 6.07) is 18.8. The van der Waals surface area contributed by atoms with E-state index in [-0.39, 0.29) is 11.9 Å². The lowest BCUT2D eigenvalue weighted by Gasteiger charge is -2.31. The van der Waals surface area contributed by atoms with Crippen LogP contribution >= 0.6 is 0 Å². The molecule has 0 bridgehead atoms. The van der Waals surface area contributed by atoms with Gasteiger partial charge in [0.1, 0.15) is 6.10 Å². The van der Waals surface area contributed by atoms with E-state index >= 15 is 0 Å². The monoisotopic (exact) mass is 351 g/mol. The van der Waals surface area contributed by atoms with Crippen molar-refractivity contribution in [3.05, 3.63) is 77.9 Å². The Hall–Kier alpha value is -2.88. The maximum absolute atomic E-state index is 12.4. The van der Waals surface area contributed by atoms with Crippen molar-refractivity contribution >= 4 is 18.0 Å². The number of hydrogen-bond donors (Lipinski definition) is 0. The van der Waals surface area contributed by atoms with Gasteiger partial charge in [-0.1, -0.05) is 67.6 Å². The van der Waals surface area contributed by atoms with Gasteiger partial charge in [0.05, 0.1) is 6.04 Å². The van der Waals surface area contributed by atoms with Gasteiger partial charge >= 0.3 is 5.97 Å². The molecule has 26 heavy (non-hydrogen) atoms. The van der Waals surface area contributed by atoms with Crippen molar-refractivity contribution in [1.29, 1.82) is 0 Å². The summed E-state index contributed by atoms with van der Waals surface area (Å²) in [6.45, 7) is 3.71. The minimum absolute atomic E-state index is 0.00862. The second kappa shape index (κ2) is 9.56. The normalized spacial score (nSPS) is 13.2. The van der Waals surface area contributed by atoms with E-state index in [0.717, 1.165) is 11.1 Å². The van der Waals surface area contributed by atoms with Crippen LogP contribution in [0.25, 0.3) is 6.08 Å². The number of nitrogens with zero attached hydrogens (tertiary/aromatic N) is 1. The summed E-state index contributed by atoms with van der Waals surface area (Å²) in [7, 11) is 1.74. The molecule has 4 nitrogen and oxygen atoms in total. The van der Waals surface area contributed by atoms with Crippen LogP contribution in [0.3, 0.4) is 0 Å². The summed E-state index contributed by atoms with van der Waals surface area (Å²) < 4.78 is 5.72. The Bertz CT molecular complexity index is 740. The van der Waals surface area contributed by atoms with Gasteiger partial charge < -0.3 is 9.64 Å². The van der Waals surface area contributed by atoms with Crippen LogP contribution in [0.4, 0.5) is 0 Å². The molecular weight excluding hydrogens is 326 g/mol. The number of amides is 1. The molecule has 0 radical (unpaired) electrons. The van der Waals surface area contributed by atoms with Crippen LogP contribution in [0.1, 0.15) is 37.5 Å². The number of carbonyl (C=O) groups excluding carboxylic acids is 2. The van der Waals surface area contributed by atoms with Crippen molar-refractivity contribution in [3.8, 4) is 0 Å². The average Bonchev–Trinajstić information content (AvgIpc) is 2.70. The molecule has 1 amide bonds. The molecule has 4 heteroatoms. The SMILES string of the molecule is CCC(=O)N(C)[C@@H](C)[C@H](OC(=O)/C=C/c1ccccc1)c1ccccc1. The van der Waals surface area contributed by atoms with Crippen molar-refractivity contribution in [2.24, 2.45) is 0 Å². The Morgan fingerprint density at radius 2 is 1.62 bits per heavy atom. The van der Waals surface area contributed by atoms with E-state index in [1.807, 2.05) is 74.5 Å². The zero-order valence-electron chi connectivity index (χ0n) is 15.5. The summed E-state index contributed by atoms with van der Waals surface area (Å²) in [6.07, 6.45) is 3.00. The second-order valence-corrected chi connectivity index (χ2v) is 6.11. The Morgan fingerprint density at radius 1 is 1.04 bits per heavy atom. The largest absolute Gasteiger partial charge is 0.452 e. The summed E-state index contributed by atoms with van der Waals surface area (Å²) in [5.74, 6) is -0.429. The fourth-order valence-corrected chi connectivity index (χ4v) is 2.66. The zero-order valence-corrected chi connectivity index (χ0v) is 15.5. The molecule has 0 spiro atoms. The predicted octanol–water partition coefficient (Wildman–Crippen LogP) is 4.24. The molecule has 0 aliphatic carbocycles. The van der Waals surface area contributed by atoms with Crippen molar-refractivity contribution in [2.75, 3.05) is 7.05 Å². The number of carbonyl (C=O) groups is 2. The van der Waals surface area contributed by atoms with Crippen molar-refractivity contribution < 1.29 is 14.3 Å². The standard InChI is InChI=1S/C22H25NO3/c1-4-20(24)23(3)17(2)22(19-13-9-6-10-14-19)26-21(25)16-15-18-11-7-5-8-12-18/h5-17,22H,4H2,1-3H3/b16-15+/t17-,22-/m0/s1. The molecule has 0 unspecified atom stereocenters. The smallest absolute Gasteiger partial charge is 0.331 e. The summed E-state index contributed by atoms with van der Waals surface area (Å²) in [4.78, 5) is 26.0. The van der Waals surface area contributed by atoms with Gasteiger partial charge in [-0.05, 0) is 24.1 Å². The molecule has 2 aromatic rings. The molecule has 2 aromatic carbocycles. The Morgan fingerprint density at radius 3 is 2.19 bits per heavy atom. The first-order valence-corrected chi connectivity index (χ1v) is 8.77. The first-order valence-electron chi connectivity index (χ1n) is 8.77. The van der Waals surface area contributed by atoms with Crippen LogP contribution in [0, 0.1) is 0 Å². The van der Waals surface area contributed by atoms with Gasteiger partial charge in [-0.25, -0.2) is 4.79 Å². The molecule has 0 aliphatic rings. The van der Waals surface area contributed by atoms with Crippen LogP contribution in [0.2, 0.25) is 0 Å². The van der Waals surface area contributed by atoms with Gasteiger partial charge in [-0.3, -0.25) is 4.79 Å². The molecule has 0 N–H and O–H groups in total. The maximum atomic E-state index is 12.4. The van der Waals surface area contributed by atoms with Crippen LogP contribution < -0.4 is 0 Å². The van der Waals surface area contributed by atoms with Crippen LogP contribution in [0.15, 0.2) is 66.7 Å². The number of benzene rings is 2. The molecule has 0 saturated heterocycles. The molecule has 0 saturated carbocycles. The van der Waals surface area contributed by atoms with Crippen LogP contribution in [-0.4, -0.2) is 29.9 Å². The van der Waals surface area contributed by atoms with E-state index in [0.29, 0.717) is 6.42 Å². The van der Waals surface area contributed by atoms with Gasteiger partial charge in [0.2, 0.25) is 5.91 Å². The topological polar surface area (TPSA) is 46.6 Å². The molecule has 0 fully saturated rings. The highest BCUT2D eigenvalue weighted by atomic mass is 16.5. The number of ether oxygens (including phenoxy) is 1. The van der Waals surface area contributed by atoms with Crippen molar-refractivity contribution in [1.82, 2.24) is 4.90 Å². The molecule has 136 valence electrons. The van der Waals surface area contributed by atoms with Gasteiger partial charge in [0, 0.05) is 19.5 Å². The lowest BCUT2D eigenvalue weighted by atomic mass is 10.0. The first-order chi connectivity index (χ1) is 12.5. The van der Waals surface area contributed by atoms with E-state index in [4.69, 9.17) is 4.74 Å². The highest BCUT2D eigenvalue weighted by Gasteiger charge is 2.28. The number of hydrogen-bond acceptors (Lipinski definition) is 3. The van der Waals surface area contributed by atoms with Gasteiger partial charge in [0.15, 0.2) is 0 Å². The third-order valence-corrected chi connectivity index (χ3v) is 4.33. The third kappa shape index (κ3) is 5.31. The average molecular weight is 351 g/mol. The Balaban J connectivity index is 2.17. The number of likely N-dealkylation sites (N-methyl/N-ethyl adjacent to an activating group) is 1. The van der Waals surface area contributed by atoms with Gasteiger partial charge in [0.25, 0.3) is 0 Å². The summed E-state index contributed by atoms with van der Waals surface area (Å²) in [5, 5.41) is 0. The van der Waals surface area contributed by atoms with E-state index in [2.05, 4.69) is 0 Å². The Kier molecular flexibility index (Phi) is 7.15. The molecular formula is C22H25NO3. The maximum Gasteiger partial charge on any atom is 0.331 e. The minimum atomic E-state index is -0.537. The molecule has 0 heterocycles. The van der Waals surface area contributed by atoms with Crippen LogP contribution in [-0.2, 0) is 14.3 Å². The fraction of sp³-hybridized carbons (Fsp3) is 0.273. The summed E-state index contributed by atoms with van der Waals surface area (Å²) >= 11 is 0. The Labute approximate surface area is 155 Å². The highest BCUT2D eigenvalue weighted by Crippen LogP contribution is 2.25. The highest BCUT2D eigenvalue weighted by molar-refractivity contribution is 5.87. The number of esters is 1. The molecule has 2 atom stereocenters. The van der Waals surface area contributed by atoms with E-state index in [1.165, 1.54) is 6.08 Å². The molecule has 0 aromatic heterocycles. The van der Waals surface area contributed by atoms with E-state index < -0.39 is 12.1 Å².